The predicted molar refractivity (Wildman–Crippen MR) is 111 cm³/mol. The summed E-state index contributed by atoms with van der Waals surface area (Å²) in [7, 11) is -4.30. The second kappa shape index (κ2) is 11.0. The molecule has 0 spiro atoms. The zero-order chi connectivity index (χ0) is 21.4. The molecule has 0 saturated carbocycles. The van der Waals surface area contributed by atoms with Crippen LogP contribution >= 0.6 is 22.9 Å². The molecule has 0 saturated heterocycles. The molecule has 2 aromatic rings. The monoisotopic (exact) mass is 468 g/mol. The summed E-state index contributed by atoms with van der Waals surface area (Å²) >= 11 is 6.59. The zero-order valence-electron chi connectivity index (χ0n) is 15.5. The van der Waals surface area contributed by atoms with Gasteiger partial charge in [0.15, 0.2) is 10.3 Å². The number of aliphatic hydroxyl groups is 1. The minimum atomic E-state index is -4.30. The number of rotatable bonds is 12. The normalized spacial score (nSPS) is 12.7. The van der Waals surface area contributed by atoms with Gasteiger partial charge in [-0.1, -0.05) is 35.8 Å². The van der Waals surface area contributed by atoms with Gasteiger partial charge in [0.2, 0.25) is 0 Å². The number of anilines is 2. The van der Waals surface area contributed by atoms with Gasteiger partial charge in [0.05, 0.1) is 16.9 Å². The lowest BCUT2D eigenvalue weighted by atomic mass is 10.0. The number of unbranched alkanes of at least 4 members (excludes halogenated alkanes) is 2. The van der Waals surface area contributed by atoms with Crippen LogP contribution in [0.3, 0.4) is 0 Å². The molecule has 162 valence electrons. The predicted octanol–water partition coefficient (Wildman–Crippen LogP) is 3.42. The molecule has 1 aromatic heterocycles. The van der Waals surface area contributed by atoms with E-state index < -0.39 is 25.9 Å². The van der Waals surface area contributed by atoms with Crippen molar-refractivity contribution in [2.24, 2.45) is 11.7 Å². The molecule has 1 heterocycles. The summed E-state index contributed by atoms with van der Waals surface area (Å²) in [5.41, 5.74) is 5.81. The molecule has 0 unspecified atom stereocenters. The van der Waals surface area contributed by atoms with Crippen LogP contribution in [0.5, 0.6) is 0 Å². The second-order valence-electron chi connectivity index (χ2n) is 6.40. The lowest BCUT2D eigenvalue weighted by Gasteiger charge is -2.13. The molecule has 0 bridgehead atoms. The number of thiazole rings is 1. The fourth-order valence-electron chi connectivity index (χ4n) is 2.58. The first-order valence-corrected chi connectivity index (χ1v) is 11.6. The van der Waals surface area contributed by atoms with E-state index in [4.69, 9.17) is 22.4 Å². The van der Waals surface area contributed by atoms with Crippen molar-refractivity contribution in [2.75, 3.05) is 29.7 Å². The highest BCUT2D eigenvalue weighted by Gasteiger charge is 2.23. The van der Waals surface area contributed by atoms with Crippen molar-refractivity contribution in [3.63, 3.8) is 0 Å². The van der Waals surface area contributed by atoms with Gasteiger partial charge in [0.25, 0.3) is 10.0 Å². The van der Waals surface area contributed by atoms with Crippen molar-refractivity contribution in [1.29, 1.82) is 0 Å². The average Bonchev–Trinajstić information content (AvgIpc) is 3.07. The number of hydrogen-bond donors (Lipinski definition) is 4. The highest BCUT2D eigenvalue weighted by atomic mass is 35.5. The van der Waals surface area contributed by atoms with E-state index in [2.05, 4.69) is 10.3 Å². The van der Waals surface area contributed by atoms with Crippen LogP contribution in [0.25, 0.3) is 0 Å². The summed E-state index contributed by atoms with van der Waals surface area (Å²) in [5.74, 6) is -0.884. The Balaban J connectivity index is 1.93. The number of aromatic nitrogens is 1. The summed E-state index contributed by atoms with van der Waals surface area (Å²) in [4.78, 5) is 2.90. The first-order chi connectivity index (χ1) is 13.8. The van der Waals surface area contributed by atoms with Crippen molar-refractivity contribution in [1.82, 2.24) is 4.98 Å². The van der Waals surface area contributed by atoms with Gasteiger partial charge in [-0.05, 0) is 37.4 Å². The fourth-order valence-corrected chi connectivity index (χ4v) is 4.75. The third-order valence-electron chi connectivity index (χ3n) is 4.21. The Morgan fingerprint density at radius 2 is 2.03 bits per heavy atom. The van der Waals surface area contributed by atoms with Crippen molar-refractivity contribution in [2.45, 2.75) is 30.6 Å². The molecule has 1 atom stereocenters. The minimum absolute atomic E-state index is 0.0422. The lowest BCUT2D eigenvalue weighted by Crippen LogP contribution is -2.17. The Morgan fingerprint density at radius 3 is 2.66 bits per heavy atom. The SMILES string of the molecule is NC[C@@H](CO)CCCCCNc1cc(F)c(S(=O)(=O)Nc2ncc(F)s2)cc1Cl. The molecule has 0 fully saturated rings. The van der Waals surface area contributed by atoms with Crippen LogP contribution < -0.4 is 15.8 Å². The van der Waals surface area contributed by atoms with Gasteiger partial charge < -0.3 is 16.2 Å². The van der Waals surface area contributed by atoms with Crippen LogP contribution in [0.15, 0.2) is 23.2 Å². The molecule has 1 aromatic carbocycles. The number of nitrogens with two attached hydrogens (primary N) is 1. The Labute approximate surface area is 177 Å². The third-order valence-corrected chi connectivity index (χ3v) is 6.70. The molecule has 0 radical (unpaired) electrons. The van der Waals surface area contributed by atoms with Gasteiger partial charge in [-0.2, -0.15) is 4.39 Å². The van der Waals surface area contributed by atoms with Crippen LogP contribution in [-0.4, -0.2) is 38.2 Å². The minimum Gasteiger partial charge on any atom is -0.396 e. The van der Waals surface area contributed by atoms with Gasteiger partial charge in [-0.25, -0.2) is 17.8 Å². The van der Waals surface area contributed by atoms with Crippen LogP contribution in [0.4, 0.5) is 19.6 Å². The van der Waals surface area contributed by atoms with Crippen molar-refractivity contribution in [3.8, 4) is 0 Å². The standard InChI is InChI=1S/C17H23ClF2N4O3S2/c18-12-6-15(29(26,27)24-17-23-9-16(20)28-17)13(19)7-14(12)22-5-3-1-2-4-11(8-21)10-25/h6-7,9,11,22,25H,1-5,8,10,21H2,(H,23,24)/t11-/m0/s1. The molecule has 29 heavy (non-hydrogen) atoms. The number of nitrogens with zero attached hydrogens (tertiary/aromatic N) is 1. The smallest absolute Gasteiger partial charge is 0.266 e. The van der Waals surface area contributed by atoms with Crippen LogP contribution in [0.2, 0.25) is 5.02 Å². The van der Waals surface area contributed by atoms with E-state index in [1.807, 2.05) is 4.72 Å². The van der Waals surface area contributed by atoms with E-state index in [1.54, 1.807) is 0 Å². The first-order valence-electron chi connectivity index (χ1n) is 8.94. The number of benzene rings is 1. The second-order valence-corrected chi connectivity index (χ2v) is 9.44. The van der Waals surface area contributed by atoms with E-state index in [0.717, 1.165) is 44.0 Å². The zero-order valence-corrected chi connectivity index (χ0v) is 17.9. The number of aliphatic hydroxyl groups excluding tert-OH is 1. The van der Waals surface area contributed by atoms with Crippen molar-refractivity contribution >= 4 is 43.8 Å². The summed E-state index contributed by atoms with van der Waals surface area (Å²) in [6.07, 6.45) is 4.29. The third kappa shape index (κ3) is 7.03. The van der Waals surface area contributed by atoms with Gasteiger partial charge in [-0.15, -0.1) is 0 Å². The highest BCUT2D eigenvalue weighted by Crippen LogP contribution is 2.30. The quantitative estimate of drug-likeness (QED) is 0.354. The Kier molecular flexibility index (Phi) is 9.03. The number of sulfonamides is 1. The molecule has 5 N–H and O–H groups in total. The lowest BCUT2D eigenvalue weighted by molar-refractivity contribution is 0.220. The molecule has 2 rings (SSSR count). The Hall–Kier alpha value is -1.53. The van der Waals surface area contributed by atoms with Gasteiger partial charge >= 0.3 is 0 Å². The topological polar surface area (TPSA) is 117 Å². The summed E-state index contributed by atoms with van der Waals surface area (Å²) < 4.78 is 54.0. The van der Waals surface area contributed by atoms with Crippen molar-refractivity contribution < 1.29 is 22.3 Å². The molecule has 0 aliphatic carbocycles. The van der Waals surface area contributed by atoms with E-state index >= 15 is 0 Å². The molecule has 7 nitrogen and oxygen atoms in total. The largest absolute Gasteiger partial charge is 0.396 e. The molecule has 0 amide bonds. The summed E-state index contributed by atoms with van der Waals surface area (Å²) in [6, 6.07) is 2.01. The molecule has 0 aliphatic rings. The summed E-state index contributed by atoms with van der Waals surface area (Å²) in [6.45, 7) is 1.05. The van der Waals surface area contributed by atoms with Crippen LogP contribution in [0.1, 0.15) is 25.7 Å². The number of halogens is 3. The summed E-state index contributed by atoms with van der Waals surface area (Å²) in [5, 5.41) is 11.2. The molecular weight excluding hydrogens is 446 g/mol. The van der Waals surface area contributed by atoms with Crippen LogP contribution in [-0.2, 0) is 10.0 Å². The molecular formula is C17H23ClF2N4O3S2. The number of nitrogens with one attached hydrogen (secondary N) is 2. The fraction of sp³-hybridized carbons (Fsp3) is 0.471. The average molecular weight is 469 g/mol. The van der Waals surface area contributed by atoms with E-state index in [9.17, 15) is 17.2 Å². The van der Waals surface area contributed by atoms with Gasteiger partial charge in [-0.3, -0.25) is 4.72 Å². The number of hydrogen-bond acceptors (Lipinski definition) is 7. The maximum atomic E-state index is 14.4. The van der Waals surface area contributed by atoms with Gasteiger partial charge in [0, 0.05) is 13.2 Å². The van der Waals surface area contributed by atoms with E-state index in [0.29, 0.717) is 24.4 Å². The molecule has 0 aliphatic heterocycles. The maximum absolute atomic E-state index is 14.4. The van der Waals surface area contributed by atoms with Gasteiger partial charge in [0.1, 0.15) is 10.7 Å². The van der Waals surface area contributed by atoms with E-state index in [-0.39, 0.29) is 28.4 Å². The Morgan fingerprint density at radius 1 is 1.28 bits per heavy atom. The maximum Gasteiger partial charge on any atom is 0.266 e. The Bertz CT molecular complexity index is 908. The van der Waals surface area contributed by atoms with Crippen molar-refractivity contribution in [3.05, 3.63) is 34.3 Å². The van der Waals surface area contributed by atoms with E-state index in [1.165, 1.54) is 0 Å². The first kappa shape index (κ1) is 23.7. The highest BCUT2D eigenvalue weighted by molar-refractivity contribution is 7.93. The molecule has 12 heteroatoms. The van der Waals surface area contributed by atoms with Crippen LogP contribution in [0, 0.1) is 16.9 Å².